The first kappa shape index (κ1) is 11.8. The Morgan fingerprint density at radius 1 is 1.33 bits per heavy atom. The molecule has 15 heavy (non-hydrogen) atoms. The van der Waals surface area contributed by atoms with E-state index < -0.39 is 0 Å². The smallest absolute Gasteiger partial charge is 0.183 e. The van der Waals surface area contributed by atoms with Crippen LogP contribution in [0.25, 0.3) is 0 Å². The van der Waals surface area contributed by atoms with Crippen LogP contribution in [0.1, 0.15) is 25.3 Å². The summed E-state index contributed by atoms with van der Waals surface area (Å²) in [6.45, 7) is 2.14. The Labute approximate surface area is 91.8 Å². The summed E-state index contributed by atoms with van der Waals surface area (Å²) in [6, 6.07) is 10.3. The van der Waals surface area contributed by atoms with Crippen molar-refractivity contribution in [1.82, 2.24) is 0 Å². The van der Waals surface area contributed by atoms with Crippen LogP contribution >= 0.6 is 0 Å². The minimum absolute atomic E-state index is 0.224. The van der Waals surface area contributed by atoms with Gasteiger partial charge >= 0.3 is 0 Å². The van der Waals surface area contributed by atoms with Crippen molar-refractivity contribution in [3.8, 4) is 0 Å². The van der Waals surface area contributed by atoms with Gasteiger partial charge in [-0.15, -0.1) is 0 Å². The molecule has 1 aromatic carbocycles. The fraction of sp³-hybridized carbons (Fsp3) is 0.462. The third-order valence-electron chi connectivity index (χ3n) is 2.55. The largest absolute Gasteiger partial charge is 0.484 e. The zero-order valence-corrected chi connectivity index (χ0v) is 9.49. The van der Waals surface area contributed by atoms with Crippen LogP contribution in [0.2, 0.25) is 0 Å². The summed E-state index contributed by atoms with van der Waals surface area (Å²) in [5.41, 5.74) is 1.28. The van der Waals surface area contributed by atoms with Crippen LogP contribution in [0.4, 0.5) is 0 Å². The molecule has 2 nitrogen and oxygen atoms in total. The van der Waals surface area contributed by atoms with Crippen molar-refractivity contribution in [2.75, 3.05) is 7.11 Å². The number of hydrogen-bond donors (Lipinski definition) is 1. The second-order valence-corrected chi connectivity index (χ2v) is 3.74. The maximum atomic E-state index is 7.73. The van der Waals surface area contributed by atoms with E-state index in [1.807, 2.05) is 18.2 Å². The average molecular weight is 205 g/mol. The van der Waals surface area contributed by atoms with Crippen LogP contribution in [0.5, 0.6) is 0 Å². The highest BCUT2D eigenvalue weighted by molar-refractivity contribution is 5.75. The summed E-state index contributed by atoms with van der Waals surface area (Å²) in [5, 5.41) is 7.73. The van der Waals surface area contributed by atoms with Gasteiger partial charge in [-0.2, -0.15) is 0 Å². The predicted molar refractivity (Wildman–Crippen MR) is 63.3 cm³/mol. The normalized spacial score (nSPS) is 12.1. The summed E-state index contributed by atoms with van der Waals surface area (Å²) in [7, 11) is 1.58. The second-order valence-electron chi connectivity index (χ2n) is 3.74. The third-order valence-corrected chi connectivity index (χ3v) is 2.55. The third kappa shape index (κ3) is 3.74. The van der Waals surface area contributed by atoms with Gasteiger partial charge in [0, 0.05) is 5.92 Å². The highest BCUT2D eigenvalue weighted by atomic mass is 16.5. The lowest BCUT2D eigenvalue weighted by Gasteiger charge is -2.15. The number of benzene rings is 1. The van der Waals surface area contributed by atoms with Crippen molar-refractivity contribution in [2.45, 2.75) is 26.2 Å². The van der Waals surface area contributed by atoms with Gasteiger partial charge in [0.25, 0.3) is 0 Å². The predicted octanol–water partition coefficient (Wildman–Crippen LogP) is 3.27. The SMILES string of the molecule is CCC[C@H](Cc1ccccc1)C(=N)OC. The van der Waals surface area contributed by atoms with Crippen molar-refractivity contribution in [1.29, 1.82) is 5.41 Å². The maximum Gasteiger partial charge on any atom is 0.183 e. The highest BCUT2D eigenvalue weighted by Gasteiger charge is 2.14. The van der Waals surface area contributed by atoms with E-state index in [-0.39, 0.29) is 5.92 Å². The molecule has 0 aromatic heterocycles. The Morgan fingerprint density at radius 2 is 2.00 bits per heavy atom. The quantitative estimate of drug-likeness (QED) is 0.581. The summed E-state index contributed by atoms with van der Waals surface area (Å²) < 4.78 is 5.02. The fourth-order valence-electron chi connectivity index (χ4n) is 1.74. The van der Waals surface area contributed by atoms with Crippen LogP contribution < -0.4 is 0 Å². The highest BCUT2D eigenvalue weighted by Crippen LogP contribution is 2.15. The Bertz CT molecular complexity index is 295. The van der Waals surface area contributed by atoms with Gasteiger partial charge in [0.2, 0.25) is 0 Å². The van der Waals surface area contributed by atoms with Gasteiger partial charge in [0.15, 0.2) is 5.90 Å². The van der Waals surface area contributed by atoms with Gasteiger partial charge in [-0.3, -0.25) is 5.41 Å². The maximum absolute atomic E-state index is 7.73. The van der Waals surface area contributed by atoms with E-state index in [9.17, 15) is 0 Å². The molecule has 0 saturated heterocycles. The van der Waals surface area contributed by atoms with Crippen LogP contribution in [0.15, 0.2) is 30.3 Å². The Hall–Kier alpha value is -1.31. The molecule has 1 rings (SSSR count). The molecule has 0 aliphatic carbocycles. The monoisotopic (exact) mass is 205 g/mol. The second kappa shape index (κ2) is 6.23. The Kier molecular flexibility index (Phi) is 4.88. The van der Waals surface area contributed by atoms with Crippen LogP contribution in [-0.4, -0.2) is 13.0 Å². The van der Waals surface area contributed by atoms with E-state index in [0.29, 0.717) is 5.90 Å². The van der Waals surface area contributed by atoms with Crippen molar-refractivity contribution in [3.05, 3.63) is 35.9 Å². The molecule has 0 amide bonds. The van der Waals surface area contributed by atoms with Gasteiger partial charge in [0.1, 0.15) is 0 Å². The lowest BCUT2D eigenvalue weighted by Crippen LogP contribution is -2.17. The molecule has 1 N–H and O–H groups in total. The van der Waals surface area contributed by atoms with Crippen molar-refractivity contribution in [2.24, 2.45) is 5.92 Å². The zero-order chi connectivity index (χ0) is 11.1. The van der Waals surface area contributed by atoms with E-state index in [4.69, 9.17) is 10.1 Å². The Balaban J connectivity index is 2.62. The summed E-state index contributed by atoms with van der Waals surface area (Å²) >= 11 is 0. The number of rotatable bonds is 5. The lowest BCUT2D eigenvalue weighted by molar-refractivity contribution is 0.352. The van der Waals surface area contributed by atoms with Crippen molar-refractivity contribution < 1.29 is 4.74 Å². The van der Waals surface area contributed by atoms with Gasteiger partial charge in [-0.25, -0.2) is 0 Å². The fourth-order valence-corrected chi connectivity index (χ4v) is 1.74. The van der Waals surface area contributed by atoms with Gasteiger partial charge in [-0.05, 0) is 18.4 Å². The molecule has 0 spiro atoms. The van der Waals surface area contributed by atoms with Crippen molar-refractivity contribution in [3.63, 3.8) is 0 Å². The molecule has 0 saturated carbocycles. The molecule has 0 heterocycles. The minimum Gasteiger partial charge on any atom is -0.484 e. The molecule has 1 atom stereocenters. The van der Waals surface area contributed by atoms with Gasteiger partial charge in [-0.1, -0.05) is 43.7 Å². The van der Waals surface area contributed by atoms with Gasteiger partial charge in [0.05, 0.1) is 7.11 Å². The van der Waals surface area contributed by atoms with E-state index in [1.165, 1.54) is 5.56 Å². The number of hydrogen-bond acceptors (Lipinski definition) is 2. The molecule has 0 unspecified atom stereocenters. The van der Waals surface area contributed by atoms with E-state index in [0.717, 1.165) is 19.3 Å². The first-order valence-corrected chi connectivity index (χ1v) is 5.44. The zero-order valence-electron chi connectivity index (χ0n) is 9.49. The Morgan fingerprint density at radius 3 is 2.53 bits per heavy atom. The molecular formula is C13H19NO. The number of nitrogens with one attached hydrogen (secondary N) is 1. The molecule has 1 aromatic rings. The van der Waals surface area contributed by atoms with Crippen LogP contribution in [0.3, 0.4) is 0 Å². The van der Waals surface area contributed by atoms with E-state index >= 15 is 0 Å². The molecular weight excluding hydrogens is 186 g/mol. The first-order chi connectivity index (χ1) is 7.27. The van der Waals surface area contributed by atoms with Gasteiger partial charge < -0.3 is 4.74 Å². The minimum atomic E-state index is 0.224. The summed E-state index contributed by atoms with van der Waals surface area (Å²) in [6.07, 6.45) is 3.01. The van der Waals surface area contributed by atoms with E-state index in [2.05, 4.69) is 19.1 Å². The summed E-state index contributed by atoms with van der Waals surface area (Å²) in [4.78, 5) is 0. The molecule has 0 bridgehead atoms. The molecule has 82 valence electrons. The molecule has 2 heteroatoms. The molecule has 0 aliphatic heterocycles. The average Bonchev–Trinajstić information content (AvgIpc) is 2.29. The van der Waals surface area contributed by atoms with E-state index in [1.54, 1.807) is 7.11 Å². The number of methoxy groups -OCH3 is 1. The lowest BCUT2D eigenvalue weighted by atomic mass is 9.95. The van der Waals surface area contributed by atoms with Crippen LogP contribution in [0, 0.1) is 11.3 Å². The topological polar surface area (TPSA) is 33.1 Å². The first-order valence-electron chi connectivity index (χ1n) is 5.44. The molecule has 0 radical (unpaired) electrons. The molecule has 0 fully saturated rings. The van der Waals surface area contributed by atoms with Crippen molar-refractivity contribution >= 4 is 5.90 Å². The standard InChI is InChI=1S/C13H19NO/c1-3-7-12(13(14)15-2)10-11-8-5-4-6-9-11/h4-6,8-9,12,14H,3,7,10H2,1-2H3/t12-/m1/s1. The van der Waals surface area contributed by atoms with Crippen LogP contribution in [-0.2, 0) is 11.2 Å². The number of ether oxygens (including phenoxy) is 1. The molecule has 0 aliphatic rings. The summed E-state index contributed by atoms with van der Waals surface area (Å²) in [5.74, 6) is 0.628.